The molecule has 3 rings (SSSR count). The number of hydrogen-bond donors (Lipinski definition) is 2. The van der Waals surface area contributed by atoms with E-state index in [1.165, 1.54) is 5.56 Å². The van der Waals surface area contributed by atoms with Crippen LogP contribution in [0.25, 0.3) is 10.9 Å². The molecular formula is C16H14BrN3. The van der Waals surface area contributed by atoms with Gasteiger partial charge in [0.1, 0.15) is 0 Å². The van der Waals surface area contributed by atoms with Gasteiger partial charge in [-0.05, 0) is 64.8 Å². The van der Waals surface area contributed by atoms with Crippen LogP contribution >= 0.6 is 15.9 Å². The van der Waals surface area contributed by atoms with Crippen LogP contribution < -0.4 is 11.1 Å². The van der Waals surface area contributed by atoms with E-state index < -0.39 is 0 Å². The number of rotatable bonds is 2. The van der Waals surface area contributed by atoms with Crippen molar-refractivity contribution in [1.82, 2.24) is 4.98 Å². The van der Waals surface area contributed by atoms with Crippen molar-refractivity contribution in [2.45, 2.75) is 6.92 Å². The zero-order valence-corrected chi connectivity index (χ0v) is 12.6. The fourth-order valence-electron chi connectivity index (χ4n) is 2.15. The number of hydrogen-bond acceptors (Lipinski definition) is 3. The maximum atomic E-state index is 6.23. The average Bonchev–Trinajstić information content (AvgIpc) is 2.45. The largest absolute Gasteiger partial charge is 0.396 e. The summed E-state index contributed by atoms with van der Waals surface area (Å²) in [4.78, 5) is 4.30. The minimum atomic E-state index is 0.711. The van der Waals surface area contributed by atoms with E-state index >= 15 is 0 Å². The lowest BCUT2D eigenvalue weighted by atomic mass is 10.1. The SMILES string of the molecule is Cc1ccc(Nc2ccc3ncccc3c2N)c(Br)c1. The number of nitrogens with two attached hydrogens (primary N) is 1. The summed E-state index contributed by atoms with van der Waals surface area (Å²) in [7, 11) is 0. The molecule has 0 fully saturated rings. The number of aromatic nitrogens is 1. The number of nitrogens with one attached hydrogen (secondary N) is 1. The normalized spacial score (nSPS) is 10.7. The maximum absolute atomic E-state index is 6.23. The molecule has 3 aromatic rings. The van der Waals surface area contributed by atoms with Crippen LogP contribution in [0.2, 0.25) is 0 Å². The fourth-order valence-corrected chi connectivity index (χ4v) is 2.74. The third kappa shape index (κ3) is 2.34. The molecule has 0 spiro atoms. The van der Waals surface area contributed by atoms with E-state index in [4.69, 9.17) is 5.73 Å². The Bertz CT molecular complexity index is 784. The number of pyridine rings is 1. The number of halogens is 1. The number of anilines is 3. The second-order valence-corrected chi connectivity index (χ2v) is 5.56. The second-order valence-electron chi connectivity index (χ2n) is 4.71. The predicted molar refractivity (Wildman–Crippen MR) is 88.3 cm³/mol. The average molecular weight is 328 g/mol. The lowest BCUT2D eigenvalue weighted by molar-refractivity contribution is 1.41. The highest BCUT2D eigenvalue weighted by molar-refractivity contribution is 9.10. The molecular weight excluding hydrogens is 314 g/mol. The second kappa shape index (κ2) is 5.13. The standard InChI is InChI=1S/C16H14BrN3/c1-10-4-5-14(12(17)9-10)20-15-7-6-13-11(16(15)18)3-2-8-19-13/h2-9,20H,18H2,1H3. The minimum absolute atomic E-state index is 0.711. The molecule has 4 heteroatoms. The molecule has 20 heavy (non-hydrogen) atoms. The Balaban J connectivity index is 2.04. The summed E-state index contributed by atoms with van der Waals surface area (Å²) in [5.41, 5.74) is 10.9. The van der Waals surface area contributed by atoms with Gasteiger partial charge in [0.15, 0.2) is 0 Å². The zero-order valence-electron chi connectivity index (χ0n) is 11.0. The van der Waals surface area contributed by atoms with Crippen molar-refractivity contribution in [2.75, 3.05) is 11.1 Å². The summed E-state index contributed by atoms with van der Waals surface area (Å²) in [5, 5.41) is 4.32. The predicted octanol–water partition coefficient (Wildman–Crippen LogP) is 4.63. The molecule has 0 radical (unpaired) electrons. The molecule has 100 valence electrons. The van der Waals surface area contributed by atoms with Gasteiger partial charge in [-0.25, -0.2) is 0 Å². The van der Waals surface area contributed by atoms with Gasteiger partial charge in [0.25, 0.3) is 0 Å². The number of benzene rings is 2. The van der Waals surface area contributed by atoms with Crippen LogP contribution in [-0.2, 0) is 0 Å². The molecule has 2 aromatic carbocycles. The highest BCUT2D eigenvalue weighted by Gasteiger charge is 2.07. The molecule has 0 aliphatic rings. The van der Waals surface area contributed by atoms with Crippen LogP contribution in [0.15, 0.2) is 53.1 Å². The Morgan fingerprint density at radius 1 is 1.10 bits per heavy atom. The van der Waals surface area contributed by atoms with E-state index in [1.54, 1.807) is 6.20 Å². The highest BCUT2D eigenvalue weighted by Crippen LogP contribution is 2.32. The lowest BCUT2D eigenvalue weighted by Gasteiger charge is -2.13. The smallest absolute Gasteiger partial charge is 0.0724 e. The van der Waals surface area contributed by atoms with Crippen molar-refractivity contribution in [3.8, 4) is 0 Å². The topological polar surface area (TPSA) is 50.9 Å². The summed E-state index contributed by atoms with van der Waals surface area (Å²) < 4.78 is 1.02. The molecule has 0 unspecified atom stereocenters. The van der Waals surface area contributed by atoms with Gasteiger partial charge in [0, 0.05) is 16.1 Å². The molecule has 1 aromatic heterocycles. The maximum Gasteiger partial charge on any atom is 0.0724 e. The summed E-state index contributed by atoms with van der Waals surface area (Å²) in [6, 6.07) is 14.0. The number of nitrogens with zero attached hydrogens (tertiary/aromatic N) is 1. The van der Waals surface area contributed by atoms with E-state index in [0.717, 1.165) is 26.8 Å². The molecule has 0 atom stereocenters. The molecule has 1 heterocycles. The first-order valence-corrected chi connectivity index (χ1v) is 7.11. The molecule has 0 bridgehead atoms. The quantitative estimate of drug-likeness (QED) is 0.674. The van der Waals surface area contributed by atoms with Crippen LogP contribution in [0.4, 0.5) is 17.1 Å². The third-order valence-corrected chi connectivity index (χ3v) is 3.88. The first-order valence-electron chi connectivity index (χ1n) is 6.31. The number of nitrogen functional groups attached to an aromatic ring is 1. The van der Waals surface area contributed by atoms with Crippen LogP contribution in [-0.4, -0.2) is 4.98 Å². The van der Waals surface area contributed by atoms with Crippen molar-refractivity contribution < 1.29 is 0 Å². The van der Waals surface area contributed by atoms with E-state index in [1.807, 2.05) is 30.3 Å². The zero-order chi connectivity index (χ0) is 14.1. The van der Waals surface area contributed by atoms with E-state index in [-0.39, 0.29) is 0 Å². The van der Waals surface area contributed by atoms with E-state index in [0.29, 0.717) is 5.69 Å². The van der Waals surface area contributed by atoms with E-state index in [9.17, 15) is 0 Å². The van der Waals surface area contributed by atoms with Gasteiger partial charge < -0.3 is 11.1 Å². The van der Waals surface area contributed by atoms with Crippen molar-refractivity contribution in [3.05, 3.63) is 58.7 Å². The van der Waals surface area contributed by atoms with Gasteiger partial charge in [0.2, 0.25) is 0 Å². The minimum Gasteiger partial charge on any atom is -0.396 e. The highest BCUT2D eigenvalue weighted by atomic mass is 79.9. The van der Waals surface area contributed by atoms with Gasteiger partial charge in [-0.2, -0.15) is 0 Å². The van der Waals surface area contributed by atoms with Crippen molar-refractivity contribution in [2.24, 2.45) is 0 Å². The van der Waals surface area contributed by atoms with E-state index in [2.05, 4.69) is 45.3 Å². The molecule has 0 aliphatic heterocycles. The molecule has 0 aliphatic carbocycles. The Hall–Kier alpha value is -2.07. The summed E-state index contributed by atoms with van der Waals surface area (Å²) >= 11 is 3.56. The van der Waals surface area contributed by atoms with Gasteiger partial charge >= 0.3 is 0 Å². The van der Waals surface area contributed by atoms with Gasteiger partial charge in [-0.3, -0.25) is 4.98 Å². The molecule has 3 nitrogen and oxygen atoms in total. The Morgan fingerprint density at radius 2 is 1.90 bits per heavy atom. The van der Waals surface area contributed by atoms with Crippen molar-refractivity contribution >= 4 is 43.9 Å². The molecule has 3 N–H and O–H groups in total. The van der Waals surface area contributed by atoms with Crippen LogP contribution in [0.3, 0.4) is 0 Å². The summed E-state index contributed by atoms with van der Waals surface area (Å²) in [5.74, 6) is 0. The Labute approximate surface area is 126 Å². The molecule has 0 saturated carbocycles. The number of aryl methyl sites for hydroxylation is 1. The Kier molecular flexibility index (Phi) is 3.32. The van der Waals surface area contributed by atoms with Crippen molar-refractivity contribution in [1.29, 1.82) is 0 Å². The van der Waals surface area contributed by atoms with Crippen LogP contribution in [0.1, 0.15) is 5.56 Å². The van der Waals surface area contributed by atoms with Crippen LogP contribution in [0.5, 0.6) is 0 Å². The van der Waals surface area contributed by atoms with Gasteiger partial charge in [-0.1, -0.05) is 6.07 Å². The van der Waals surface area contributed by atoms with Gasteiger partial charge in [0.05, 0.1) is 22.6 Å². The monoisotopic (exact) mass is 327 g/mol. The fraction of sp³-hybridized carbons (Fsp3) is 0.0625. The first kappa shape index (κ1) is 12.9. The third-order valence-electron chi connectivity index (χ3n) is 3.22. The lowest BCUT2D eigenvalue weighted by Crippen LogP contribution is -1.98. The van der Waals surface area contributed by atoms with Crippen LogP contribution in [0, 0.1) is 6.92 Å². The summed E-state index contributed by atoms with van der Waals surface area (Å²) in [6.45, 7) is 2.06. The van der Waals surface area contributed by atoms with Gasteiger partial charge in [-0.15, -0.1) is 0 Å². The Morgan fingerprint density at radius 3 is 2.70 bits per heavy atom. The van der Waals surface area contributed by atoms with Crippen molar-refractivity contribution in [3.63, 3.8) is 0 Å². The molecule has 0 amide bonds. The molecule has 0 saturated heterocycles. The number of fused-ring (bicyclic) bond motifs is 1. The summed E-state index contributed by atoms with van der Waals surface area (Å²) in [6.07, 6.45) is 1.77. The first-order chi connectivity index (χ1) is 9.65.